The third-order valence-corrected chi connectivity index (χ3v) is 1.27. The third-order valence-electron chi connectivity index (χ3n) is 1.27. The smallest absolute Gasteiger partial charge is 0.317 e. The number of rotatable bonds is 3. The predicted octanol–water partition coefficient (Wildman–Crippen LogP) is 0.872. The van der Waals surface area contributed by atoms with Gasteiger partial charge < -0.3 is 10.2 Å². The summed E-state index contributed by atoms with van der Waals surface area (Å²) in [5, 5.41) is 2.69. The highest BCUT2D eigenvalue weighted by Crippen LogP contribution is 1.85. The zero-order chi connectivity index (χ0) is 7.98. The van der Waals surface area contributed by atoms with Crippen LogP contribution in [0.2, 0.25) is 0 Å². The Kier molecular flexibility index (Phi) is 4.72. The van der Waals surface area contributed by atoms with Gasteiger partial charge in [0.1, 0.15) is 0 Å². The normalized spacial score (nSPS) is 9.10. The molecule has 0 unspecified atom stereocenters. The fourth-order valence-corrected chi connectivity index (χ4v) is 0.666. The second kappa shape index (κ2) is 5.09. The summed E-state index contributed by atoms with van der Waals surface area (Å²) in [6.07, 6.45) is 0. The van der Waals surface area contributed by atoms with Crippen molar-refractivity contribution in [1.29, 1.82) is 0 Å². The van der Waals surface area contributed by atoms with Gasteiger partial charge >= 0.3 is 6.03 Å². The first kappa shape index (κ1) is 9.27. The number of carbonyl (C=O) groups is 1. The number of nitrogens with one attached hydrogen (secondary N) is 1. The van der Waals surface area contributed by atoms with Crippen molar-refractivity contribution in [2.45, 2.75) is 13.8 Å². The lowest BCUT2D eigenvalue weighted by Gasteiger charge is -2.18. The van der Waals surface area contributed by atoms with Gasteiger partial charge in [-0.1, -0.05) is 0 Å². The van der Waals surface area contributed by atoms with Gasteiger partial charge in [-0.3, -0.25) is 0 Å². The zero-order valence-electron chi connectivity index (χ0n) is 6.68. The third kappa shape index (κ3) is 2.71. The summed E-state index contributed by atoms with van der Waals surface area (Å²) in [5.74, 6) is 0. The van der Waals surface area contributed by atoms with Crippen molar-refractivity contribution in [3.05, 3.63) is 6.92 Å². The molecule has 0 aromatic heterocycles. The first-order chi connectivity index (χ1) is 4.76. The molecule has 0 bridgehead atoms. The topological polar surface area (TPSA) is 32.3 Å². The molecular weight excluding hydrogens is 128 g/mol. The van der Waals surface area contributed by atoms with Crippen molar-refractivity contribution in [3.63, 3.8) is 0 Å². The van der Waals surface area contributed by atoms with Crippen LogP contribution >= 0.6 is 0 Å². The Morgan fingerprint density at radius 1 is 1.60 bits per heavy atom. The van der Waals surface area contributed by atoms with E-state index in [1.54, 1.807) is 4.90 Å². The van der Waals surface area contributed by atoms with E-state index in [0.29, 0.717) is 13.1 Å². The molecule has 0 fully saturated rings. The second-order valence-electron chi connectivity index (χ2n) is 1.92. The molecule has 10 heavy (non-hydrogen) atoms. The van der Waals surface area contributed by atoms with Crippen LogP contribution in [-0.2, 0) is 0 Å². The van der Waals surface area contributed by atoms with Crippen LogP contribution in [0.3, 0.4) is 0 Å². The van der Waals surface area contributed by atoms with Crippen molar-refractivity contribution < 1.29 is 4.79 Å². The quantitative estimate of drug-likeness (QED) is 0.624. The fourth-order valence-electron chi connectivity index (χ4n) is 0.666. The number of carbonyl (C=O) groups excluding carboxylic acids is 1. The van der Waals surface area contributed by atoms with Crippen molar-refractivity contribution in [3.8, 4) is 0 Å². The Morgan fingerprint density at radius 2 is 2.20 bits per heavy atom. The summed E-state index contributed by atoms with van der Waals surface area (Å²) in [7, 11) is 0. The van der Waals surface area contributed by atoms with Crippen molar-refractivity contribution in [2.24, 2.45) is 0 Å². The second-order valence-corrected chi connectivity index (χ2v) is 1.92. The molecule has 2 amide bonds. The summed E-state index contributed by atoms with van der Waals surface area (Å²) in [5.41, 5.74) is 0. The highest BCUT2D eigenvalue weighted by atomic mass is 16.2. The summed E-state index contributed by atoms with van der Waals surface area (Å²) in [4.78, 5) is 12.6. The van der Waals surface area contributed by atoms with Gasteiger partial charge in [0.05, 0.1) is 0 Å². The molecule has 0 saturated carbocycles. The minimum absolute atomic E-state index is 0.0278. The fraction of sp³-hybridized carbons (Fsp3) is 0.714. The number of hydrogen-bond donors (Lipinski definition) is 1. The molecular formula is C7H15N2O. The van der Waals surface area contributed by atoms with Gasteiger partial charge in [0.15, 0.2) is 0 Å². The van der Waals surface area contributed by atoms with Gasteiger partial charge in [-0.25, -0.2) is 4.79 Å². The molecule has 0 spiro atoms. The lowest BCUT2D eigenvalue weighted by molar-refractivity contribution is 0.206. The van der Waals surface area contributed by atoms with Crippen LogP contribution in [0.1, 0.15) is 13.8 Å². The average molecular weight is 143 g/mol. The van der Waals surface area contributed by atoms with Crippen LogP contribution < -0.4 is 5.32 Å². The number of amides is 2. The van der Waals surface area contributed by atoms with Gasteiger partial charge in [0.25, 0.3) is 0 Å². The van der Waals surface area contributed by atoms with E-state index in [1.807, 2.05) is 13.8 Å². The molecule has 1 radical (unpaired) electrons. The van der Waals surface area contributed by atoms with Gasteiger partial charge in [-0.05, 0) is 20.8 Å². The van der Waals surface area contributed by atoms with Crippen LogP contribution in [0.4, 0.5) is 4.79 Å². The van der Waals surface area contributed by atoms with Crippen molar-refractivity contribution >= 4 is 6.03 Å². The minimum Gasteiger partial charge on any atom is -0.338 e. The maximum Gasteiger partial charge on any atom is 0.317 e. The van der Waals surface area contributed by atoms with Gasteiger partial charge in [0, 0.05) is 19.6 Å². The molecule has 0 aromatic carbocycles. The van der Waals surface area contributed by atoms with Crippen LogP contribution in [-0.4, -0.2) is 30.6 Å². The highest BCUT2D eigenvalue weighted by molar-refractivity contribution is 5.74. The lowest BCUT2D eigenvalue weighted by atomic mass is 10.5. The average Bonchev–Trinajstić information content (AvgIpc) is 1.91. The number of hydrogen-bond acceptors (Lipinski definition) is 1. The Balaban J connectivity index is 3.65. The molecule has 0 rings (SSSR count). The first-order valence-electron chi connectivity index (χ1n) is 3.58. The number of urea groups is 1. The maximum absolute atomic E-state index is 11.0. The number of nitrogens with zero attached hydrogens (tertiary/aromatic N) is 1. The molecule has 59 valence electrons. The summed E-state index contributed by atoms with van der Waals surface area (Å²) in [6, 6.07) is -0.0278. The SMILES string of the molecule is [CH2]CN(CC)C(=O)NCC. The highest BCUT2D eigenvalue weighted by Gasteiger charge is 2.05. The van der Waals surface area contributed by atoms with Crippen LogP contribution in [0.5, 0.6) is 0 Å². The van der Waals surface area contributed by atoms with E-state index in [0.717, 1.165) is 6.54 Å². The molecule has 0 heterocycles. The van der Waals surface area contributed by atoms with E-state index in [4.69, 9.17) is 0 Å². The minimum atomic E-state index is -0.0278. The van der Waals surface area contributed by atoms with Crippen LogP contribution in [0.25, 0.3) is 0 Å². The van der Waals surface area contributed by atoms with E-state index < -0.39 is 0 Å². The monoisotopic (exact) mass is 143 g/mol. The van der Waals surface area contributed by atoms with Crippen LogP contribution in [0, 0.1) is 6.92 Å². The Hall–Kier alpha value is -0.730. The Labute approximate surface area is 62.4 Å². The lowest BCUT2D eigenvalue weighted by Crippen LogP contribution is -2.39. The van der Waals surface area contributed by atoms with E-state index in [-0.39, 0.29) is 6.03 Å². The summed E-state index contributed by atoms with van der Waals surface area (Å²) < 4.78 is 0. The predicted molar refractivity (Wildman–Crippen MR) is 41.7 cm³/mol. The van der Waals surface area contributed by atoms with Crippen molar-refractivity contribution in [2.75, 3.05) is 19.6 Å². The largest absolute Gasteiger partial charge is 0.338 e. The van der Waals surface area contributed by atoms with E-state index >= 15 is 0 Å². The molecule has 0 aliphatic carbocycles. The van der Waals surface area contributed by atoms with E-state index in [1.165, 1.54) is 0 Å². The van der Waals surface area contributed by atoms with E-state index in [9.17, 15) is 4.79 Å². The molecule has 3 nitrogen and oxygen atoms in total. The summed E-state index contributed by atoms with van der Waals surface area (Å²) >= 11 is 0. The van der Waals surface area contributed by atoms with Crippen LogP contribution in [0.15, 0.2) is 0 Å². The zero-order valence-corrected chi connectivity index (χ0v) is 6.68. The Morgan fingerprint density at radius 3 is 2.50 bits per heavy atom. The standard InChI is InChI=1S/C7H15N2O/c1-4-8-7(10)9(5-2)6-3/h2,4-6H2,1,3H3,(H,8,10). The van der Waals surface area contributed by atoms with E-state index in [2.05, 4.69) is 12.2 Å². The van der Waals surface area contributed by atoms with Gasteiger partial charge in [-0.2, -0.15) is 0 Å². The molecule has 1 N–H and O–H groups in total. The molecule has 0 atom stereocenters. The molecule has 0 aliphatic heterocycles. The maximum atomic E-state index is 11.0. The first-order valence-corrected chi connectivity index (χ1v) is 3.58. The van der Waals surface area contributed by atoms with Gasteiger partial charge in [0.2, 0.25) is 0 Å². The van der Waals surface area contributed by atoms with Gasteiger partial charge in [-0.15, -0.1) is 0 Å². The van der Waals surface area contributed by atoms with Crippen molar-refractivity contribution in [1.82, 2.24) is 10.2 Å². The Bertz CT molecular complexity index is 99.8. The molecule has 0 saturated heterocycles. The molecule has 3 heteroatoms. The summed E-state index contributed by atoms with van der Waals surface area (Å²) in [6.45, 7) is 9.38. The molecule has 0 aliphatic rings. The molecule has 0 aromatic rings.